The van der Waals surface area contributed by atoms with Crippen molar-refractivity contribution >= 4 is 44.5 Å². The Hall–Kier alpha value is -4.23. The summed E-state index contributed by atoms with van der Waals surface area (Å²) in [7, 11) is 0. The van der Waals surface area contributed by atoms with E-state index in [0.29, 0.717) is 42.9 Å². The summed E-state index contributed by atoms with van der Waals surface area (Å²) in [5.74, 6) is -0.532. The van der Waals surface area contributed by atoms with Crippen molar-refractivity contribution in [2.24, 2.45) is 5.73 Å². The highest BCUT2D eigenvalue weighted by Crippen LogP contribution is 2.34. The Morgan fingerprint density at radius 2 is 1.79 bits per heavy atom. The summed E-state index contributed by atoms with van der Waals surface area (Å²) in [6.07, 6.45) is 1.77. The molecule has 1 saturated heterocycles. The second kappa shape index (κ2) is 7.97. The number of ether oxygens (including phenoxy) is 1. The maximum Gasteiger partial charge on any atom is 0.254 e. The highest BCUT2D eigenvalue weighted by Gasteiger charge is 2.20. The zero-order valence-corrected chi connectivity index (χ0v) is 18.4. The molecule has 0 saturated carbocycles. The molecule has 2 amide bonds. The lowest BCUT2D eigenvalue weighted by Crippen LogP contribution is -2.40. The number of amides is 2. The molecule has 0 radical (unpaired) electrons. The normalized spacial score (nSPS) is 14.2. The number of aromatic nitrogens is 2. The molecule has 7 heteroatoms. The minimum Gasteiger partial charge on any atom is -0.378 e. The van der Waals surface area contributed by atoms with Crippen molar-refractivity contribution in [3.8, 4) is 11.1 Å². The quantitative estimate of drug-likeness (QED) is 0.432. The van der Waals surface area contributed by atoms with E-state index in [1.54, 1.807) is 11.1 Å². The number of rotatable bonds is 3. The monoisotopic (exact) mass is 450 g/mol. The number of hydrogen-bond donors (Lipinski definition) is 2. The van der Waals surface area contributed by atoms with Crippen LogP contribution in [0.25, 0.3) is 43.8 Å². The molecular weight excluding hydrogens is 428 g/mol. The Kier molecular flexibility index (Phi) is 4.78. The van der Waals surface area contributed by atoms with Gasteiger partial charge < -0.3 is 20.4 Å². The topological polar surface area (TPSA) is 101 Å². The molecule has 34 heavy (non-hydrogen) atoms. The van der Waals surface area contributed by atoms with Gasteiger partial charge in [0.2, 0.25) is 0 Å². The maximum absolute atomic E-state index is 13.0. The average molecular weight is 450 g/mol. The van der Waals surface area contributed by atoms with Crippen LogP contribution in [-0.2, 0) is 4.74 Å². The van der Waals surface area contributed by atoms with Crippen molar-refractivity contribution < 1.29 is 14.3 Å². The predicted octanol–water partition coefficient (Wildman–Crippen LogP) is 4.11. The Balaban J connectivity index is 1.50. The highest BCUT2D eigenvalue weighted by molar-refractivity contribution is 6.17. The summed E-state index contributed by atoms with van der Waals surface area (Å²) in [4.78, 5) is 34.9. The highest BCUT2D eigenvalue weighted by atomic mass is 16.5. The number of carbonyl (C=O) groups excluding carboxylic acids is 2. The molecule has 3 N–H and O–H groups in total. The van der Waals surface area contributed by atoms with E-state index in [1.165, 1.54) is 0 Å². The van der Waals surface area contributed by atoms with Gasteiger partial charge in [0, 0.05) is 46.5 Å². The molecule has 6 rings (SSSR count). The molecule has 5 aromatic rings. The van der Waals surface area contributed by atoms with Crippen molar-refractivity contribution in [2.75, 3.05) is 26.3 Å². The van der Waals surface area contributed by atoms with Gasteiger partial charge in [-0.2, -0.15) is 0 Å². The van der Waals surface area contributed by atoms with Crippen LogP contribution in [-0.4, -0.2) is 53.0 Å². The molecule has 1 aliphatic heterocycles. The van der Waals surface area contributed by atoms with Crippen LogP contribution in [0.2, 0.25) is 0 Å². The summed E-state index contributed by atoms with van der Waals surface area (Å²) < 4.78 is 5.36. The third kappa shape index (κ3) is 3.38. The number of fused-ring (bicyclic) bond motifs is 4. The molecule has 0 atom stereocenters. The van der Waals surface area contributed by atoms with Crippen LogP contribution in [0.3, 0.4) is 0 Å². The number of morpholine rings is 1. The van der Waals surface area contributed by atoms with Gasteiger partial charge in [0.1, 0.15) is 0 Å². The Morgan fingerprint density at radius 3 is 2.62 bits per heavy atom. The SMILES string of the molecule is NC(=O)c1cc(-c2ccc3ncccc3c2)cc2c1[nH]c1cc(C(=O)N3CCOCC3)ccc12. The molecule has 7 nitrogen and oxygen atoms in total. The number of nitrogens with one attached hydrogen (secondary N) is 1. The number of nitrogens with two attached hydrogens (primary N) is 1. The molecule has 1 fully saturated rings. The Bertz CT molecular complexity index is 1600. The second-order valence-corrected chi connectivity index (χ2v) is 8.51. The van der Waals surface area contributed by atoms with E-state index in [4.69, 9.17) is 10.5 Å². The van der Waals surface area contributed by atoms with Crippen molar-refractivity contribution in [3.05, 3.63) is 78.0 Å². The molecule has 168 valence electrons. The Labute approximate surface area is 195 Å². The molecule has 0 aliphatic carbocycles. The van der Waals surface area contributed by atoms with Crippen LogP contribution in [0.4, 0.5) is 0 Å². The first-order valence-electron chi connectivity index (χ1n) is 11.2. The van der Waals surface area contributed by atoms with E-state index in [-0.39, 0.29) is 5.91 Å². The van der Waals surface area contributed by atoms with E-state index in [0.717, 1.165) is 38.3 Å². The largest absolute Gasteiger partial charge is 0.378 e. The number of H-pyrrole nitrogens is 1. The van der Waals surface area contributed by atoms with Crippen LogP contribution in [0.1, 0.15) is 20.7 Å². The average Bonchev–Trinajstić information content (AvgIpc) is 3.25. The van der Waals surface area contributed by atoms with Gasteiger partial charge in [-0.25, -0.2) is 0 Å². The fraction of sp³-hybridized carbons (Fsp3) is 0.148. The first kappa shape index (κ1) is 20.4. The summed E-state index contributed by atoms with van der Waals surface area (Å²) in [5.41, 5.74) is 11.0. The van der Waals surface area contributed by atoms with E-state index >= 15 is 0 Å². The number of aromatic amines is 1. The minimum absolute atomic E-state index is 0.0237. The maximum atomic E-state index is 13.0. The zero-order valence-electron chi connectivity index (χ0n) is 18.4. The van der Waals surface area contributed by atoms with Crippen molar-refractivity contribution in [1.29, 1.82) is 0 Å². The van der Waals surface area contributed by atoms with E-state index in [9.17, 15) is 9.59 Å². The minimum atomic E-state index is -0.509. The standard InChI is InChI=1S/C27H22N4O3/c28-26(32)22-14-19(16-4-6-23-17(12-16)2-1-7-29-23)13-21-20-5-3-18(15-24(20)30-25(21)22)27(33)31-8-10-34-11-9-31/h1-7,12-15,30H,8-11H2,(H2,28,32). The second-order valence-electron chi connectivity index (χ2n) is 8.51. The number of carbonyl (C=O) groups is 2. The Morgan fingerprint density at radius 1 is 0.941 bits per heavy atom. The van der Waals surface area contributed by atoms with Gasteiger partial charge in [0.15, 0.2) is 0 Å². The summed E-state index contributed by atoms with van der Waals surface area (Å²) in [6, 6.07) is 19.4. The summed E-state index contributed by atoms with van der Waals surface area (Å²) in [5, 5.41) is 2.84. The van der Waals surface area contributed by atoms with Crippen molar-refractivity contribution in [1.82, 2.24) is 14.9 Å². The lowest BCUT2D eigenvalue weighted by atomic mass is 9.97. The number of hydrogen-bond acceptors (Lipinski definition) is 4. The lowest BCUT2D eigenvalue weighted by Gasteiger charge is -2.26. The van der Waals surface area contributed by atoms with Crippen LogP contribution in [0.5, 0.6) is 0 Å². The van der Waals surface area contributed by atoms with Gasteiger partial charge in [-0.15, -0.1) is 0 Å². The molecule has 3 heterocycles. The van der Waals surface area contributed by atoms with Gasteiger partial charge in [-0.1, -0.05) is 18.2 Å². The predicted molar refractivity (Wildman–Crippen MR) is 132 cm³/mol. The molecule has 1 aliphatic rings. The first-order chi connectivity index (χ1) is 16.6. The fourth-order valence-corrected chi connectivity index (χ4v) is 4.70. The lowest BCUT2D eigenvalue weighted by molar-refractivity contribution is 0.0303. The van der Waals surface area contributed by atoms with E-state index in [2.05, 4.69) is 22.1 Å². The number of nitrogens with zero attached hydrogens (tertiary/aromatic N) is 2. The van der Waals surface area contributed by atoms with Crippen LogP contribution in [0, 0.1) is 0 Å². The summed E-state index contributed by atoms with van der Waals surface area (Å²) in [6.45, 7) is 2.27. The van der Waals surface area contributed by atoms with Gasteiger partial charge in [0.25, 0.3) is 11.8 Å². The number of primary amides is 1. The third-order valence-electron chi connectivity index (χ3n) is 6.45. The van der Waals surface area contributed by atoms with E-state index in [1.807, 2.05) is 48.5 Å². The van der Waals surface area contributed by atoms with Gasteiger partial charge >= 0.3 is 0 Å². The van der Waals surface area contributed by atoms with Crippen molar-refractivity contribution in [3.63, 3.8) is 0 Å². The molecule has 3 aromatic carbocycles. The first-order valence-corrected chi connectivity index (χ1v) is 11.2. The number of pyridine rings is 1. The van der Waals surface area contributed by atoms with Crippen LogP contribution in [0.15, 0.2) is 66.9 Å². The van der Waals surface area contributed by atoms with Gasteiger partial charge in [-0.05, 0) is 53.6 Å². The molecule has 2 aromatic heterocycles. The molecule has 0 bridgehead atoms. The van der Waals surface area contributed by atoms with Gasteiger partial charge in [0.05, 0.1) is 29.8 Å². The van der Waals surface area contributed by atoms with Crippen LogP contribution >= 0.6 is 0 Å². The smallest absolute Gasteiger partial charge is 0.254 e. The fourth-order valence-electron chi connectivity index (χ4n) is 4.70. The van der Waals surface area contributed by atoms with Gasteiger partial charge in [-0.3, -0.25) is 14.6 Å². The third-order valence-corrected chi connectivity index (χ3v) is 6.45. The molecule has 0 spiro atoms. The van der Waals surface area contributed by atoms with Crippen molar-refractivity contribution in [2.45, 2.75) is 0 Å². The number of benzene rings is 3. The summed E-state index contributed by atoms with van der Waals surface area (Å²) >= 11 is 0. The molecule has 0 unspecified atom stereocenters. The van der Waals surface area contributed by atoms with E-state index < -0.39 is 5.91 Å². The zero-order chi connectivity index (χ0) is 23.2. The van der Waals surface area contributed by atoms with Crippen LogP contribution < -0.4 is 5.73 Å². The molecular formula is C27H22N4O3.